The van der Waals surface area contributed by atoms with Crippen molar-refractivity contribution in [1.29, 1.82) is 0 Å². The van der Waals surface area contributed by atoms with Gasteiger partial charge in [-0.2, -0.15) is 5.10 Å². The topological polar surface area (TPSA) is 73.9 Å². The summed E-state index contributed by atoms with van der Waals surface area (Å²) in [6.45, 7) is 2.89. The molecule has 4 aromatic rings. The summed E-state index contributed by atoms with van der Waals surface area (Å²) in [5, 5.41) is 11.4. The van der Waals surface area contributed by atoms with Crippen molar-refractivity contribution >= 4 is 16.8 Å². The Labute approximate surface area is 187 Å². The molecule has 0 bridgehead atoms. The van der Waals surface area contributed by atoms with Gasteiger partial charge >= 0.3 is 0 Å². The van der Waals surface area contributed by atoms with Crippen LogP contribution in [0.25, 0.3) is 22.2 Å². The summed E-state index contributed by atoms with van der Waals surface area (Å²) in [5.41, 5.74) is 5.86. The van der Waals surface area contributed by atoms with Gasteiger partial charge in [-0.05, 0) is 60.9 Å². The van der Waals surface area contributed by atoms with Gasteiger partial charge in [0.25, 0.3) is 5.91 Å². The summed E-state index contributed by atoms with van der Waals surface area (Å²) in [7, 11) is 0. The number of pyridine rings is 1. The van der Waals surface area contributed by atoms with E-state index in [9.17, 15) is 4.79 Å². The highest BCUT2D eigenvalue weighted by molar-refractivity contribution is 6.01. The number of H-pyrrole nitrogens is 1. The average Bonchev–Trinajstić information content (AvgIpc) is 3.27. The van der Waals surface area contributed by atoms with E-state index in [4.69, 9.17) is 0 Å². The lowest BCUT2D eigenvalue weighted by atomic mass is 10.0. The molecule has 3 heterocycles. The Bertz CT molecular complexity index is 1250. The molecule has 1 fully saturated rings. The zero-order valence-corrected chi connectivity index (χ0v) is 17.8. The molecule has 0 radical (unpaired) electrons. The third-order valence-electron chi connectivity index (χ3n) is 5.83. The van der Waals surface area contributed by atoms with Crippen LogP contribution in [0.15, 0.2) is 84.8 Å². The van der Waals surface area contributed by atoms with E-state index >= 15 is 0 Å². The van der Waals surface area contributed by atoms with Crippen LogP contribution in [-0.4, -0.2) is 39.1 Å². The lowest BCUT2D eigenvalue weighted by Crippen LogP contribution is -2.31. The SMILES string of the molecule is O=C(N/C=C1\CCCN(Cc2ccccc2)C1)c1ccc2[nH]nc(-c3ccncc3)c2c1. The highest BCUT2D eigenvalue weighted by Crippen LogP contribution is 2.26. The molecule has 0 unspecified atom stereocenters. The van der Waals surface area contributed by atoms with Gasteiger partial charge in [0.15, 0.2) is 0 Å². The molecule has 2 N–H and O–H groups in total. The summed E-state index contributed by atoms with van der Waals surface area (Å²) in [6, 6.07) is 20.0. The van der Waals surface area contributed by atoms with Gasteiger partial charge in [0.2, 0.25) is 0 Å². The number of nitrogens with one attached hydrogen (secondary N) is 2. The molecule has 32 heavy (non-hydrogen) atoms. The van der Waals surface area contributed by atoms with E-state index in [0.29, 0.717) is 5.56 Å². The highest BCUT2D eigenvalue weighted by atomic mass is 16.1. The third kappa shape index (κ3) is 4.45. The van der Waals surface area contributed by atoms with Crippen LogP contribution in [0.2, 0.25) is 0 Å². The lowest BCUT2D eigenvalue weighted by Gasteiger charge is -2.28. The maximum Gasteiger partial charge on any atom is 0.255 e. The van der Waals surface area contributed by atoms with Crippen molar-refractivity contribution in [2.75, 3.05) is 13.1 Å². The summed E-state index contributed by atoms with van der Waals surface area (Å²) in [4.78, 5) is 19.4. The van der Waals surface area contributed by atoms with Gasteiger partial charge in [-0.3, -0.25) is 19.8 Å². The molecule has 1 aliphatic heterocycles. The molecule has 2 aromatic heterocycles. The Morgan fingerprint density at radius 3 is 2.78 bits per heavy atom. The normalized spacial score (nSPS) is 15.8. The van der Waals surface area contributed by atoms with Gasteiger partial charge in [-0.1, -0.05) is 30.3 Å². The predicted octanol–water partition coefficient (Wildman–Crippen LogP) is 4.53. The molecule has 2 aromatic carbocycles. The smallest absolute Gasteiger partial charge is 0.255 e. The molecule has 0 spiro atoms. The molecular formula is C26H25N5O. The Morgan fingerprint density at radius 2 is 1.94 bits per heavy atom. The van der Waals surface area contributed by atoms with Crippen molar-refractivity contribution in [3.8, 4) is 11.3 Å². The second kappa shape index (κ2) is 9.16. The number of aromatic amines is 1. The van der Waals surface area contributed by atoms with Gasteiger partial charge in [0.05, 0.1) is 5.52 Å². The highest BCUT2D eigenvalue weighted by Gasteiger charge is 2.16. The lowest BCUT2D eigenvalue weighted by molar-refractivity contribution is 0.0969. The molecule has 1 saturated heterocycles. The number of rotatable bonds is 5. The fraction of sp³-hybridized carbons (Fsp3) is 0.192. The molecule has 6 heteroatoms. The van der Waals surface area contributed by atoms with Crippen LogP contribution < -0.4 is 5.32 Å². The average molecular weight is 424 g/mol. The van der Waals surface area contributed by atoms with Gasteiger partial charge < -0.3 is 5.32 Å². The summed E-state index contributed by atoms with van der Waals surface area (Å²) >= 11 is 0. The van der Waals surface area contributed by atoms with E-state index in [1.807, 2.05) is 42.6 Å². The molecule has 1 aliphatic rings. The van der Waals surface area contributed by atoms with Crippen LogP contribution >= 0.6 is 0 Å². The Morgan fingerprint density at radius 1 is 1.09 bits per heavy atom. The minimum absolute atomic E-state index is 0.110. The number of nitrogens with zero attached hydrogens (tertiary/aromatic N) is 3. The van der Waals surface area contributed by atoms with Crippen molar-refractivity contribution < 1.29 is 4.79 Å². The first-order valence-corrected chi connectivity index (χ1v) is 10.9. The first-order valence-electron chi connectivity index (χ1n) is 10.9. The number of carbonyl (C=O) groups excluding carboxylic acids is 1. The molecule has 0 aliphatic carbocycles. The number of benzene rings is 2. The maximum atomic E-state index is 12.9. The molecule has 5 rings (SSSR count). The van der Waals surface area contributed by atoms with Crippen molar-refractivity contribution in [3.63, 3.8) is 0 Å². The molecular weight excluding hydrogens is 398 g/mol. The quantitative estimate of drug-likeness (QED) is 0.494. The standard InChI is InChI=1S/C26H25N5O/c32-26(28-16-20-7-4-14-31(18-20)17-19-5-2-1-3-6-19)22-8-9-24-23(15-22)25(30-29-24)21-10-12-27-13-11-21/h1-3,5-6,8-13,15-16H,4,7,14,17-18H2,(H,28,32)(H,29,30)/b20-16+. The maximum absolute atomic E-state index is 12.9. The third-order valence-corrected chi connectivity index (χ3v) is 5.83. The number of carbonyl (C=O) groups is 1. The minimum atomic E-state index is -0.110. The number of likely N-dealkylation sites (tertiary alicyclic amines) is 1. The van der Waals surface area contributed by atoms with Crippen molar-refractivity contribution in [1.82, 2.24) is 25.4 Å². The zero-order valence-electron chi connectivity index (χ0n) is 17.8. The number of fused-ring (bicyclic) bond motifs is 1. The number of piperidine rings is 1. The number of amides is 1. The van der Waals surface area contributed by atoms with Gasteiger partial charge in [0, 0.05) is 48.2 Å². The summed E-state index contributed by atoms with van der Waals surface area (Å²) in [5.74, 6) is -0.110. The first-order chi connectivity index (χ1) is 15.8. The van der Waals surface area contributed by atoms with E-state index in [-0.39, 0.29) is 5.91 Å². The number of hydrogen-bond donors (Lipinski definition) is 2. The molecule has 1 amide bonds. The monoisotopic (exact) mass is 423 g/mol. The van der Waals surface area contributed by atoms with E-state index in [2.05, 4.69) is 49.7 Å². The largest absolute Gasteiger partial charge is 0.329 e. The fourth-order valence-electron chi connectivity index (χ4n) is 4.21. The van der Waals surface area contributed by atoms with Crippen LogP contribution in [0.1, 0.15) is 28.8 Å². The van der Waals surface area contributed by atoms with Crippen molar-refractivity contribution in [2.45, 2.75) is 19.4 Å². The second-order valence-corrected chi connectivity index (χ2v) is 8.14. The van der Waals surface area contributed by atoms with Crippen LogP contribution in [-0.2, 0) is 6.54 Å². The van der Waals surface area contributed by atoms with Crippen LogP contribution in [0.3, 0.4) is 0 Å². The Balaban J connectivity index is 1.29. The van der Waals surface area contributed by atoms with Crippen LogP contribution in [0.5, 0.6) is 0 Å². The first kappa shape index (κ1) is 20.2. The molecule has 0 atom stereocenters. The molecule has 160 valence electrons. The molecule has 0 saturated carbocycles. The van der Waals surface area contributed by atoms with E-state index in [1.54, 1.807) is 12.4 Å². The van der Waals surface area contributed by atoms with E-state index in [1.165, 1.54) is 11.1 Å². The summed E-state index contributed by atoms with van der Waals surface area (Å²) in [6.07, 6.45) is 7.49. The minimum Gasteiger partial charge on any atom is -0.329 e. The molecule has 6 nitrogen and oxygen atoms in total. The summed E-state index contributed by atoms with van der Waals surface area (Å²) < 4.78 is 0. The van der Waals surface area contributed by atoms with E-state index < -0.39 is 0 Å². The Kier molecular flexibility index (Phi) is 5.77. The predicted molar refractivity (Wildman–Crippen MR) is 126 cm³/mol. The van der Waals surface area contributed by atoms with Crippen LogP contribution in [0.4, 0.5) is 0 Å². The number of aromatic nitrogens is 3. The van der Waals surface area contributed by atoms with Gasteiger partial charge in [0.1, 0.15) is 5.69 Å². The van der Waals surface area contributed by atoms with Gasteiger partial charge in [-0.25, -0.2) is 0 Å². The van der Waals surface area contributed by atoms with Gasteiger partial charge in [-0.15, -0.1) is 0 Å². The van der Waals surface area contributed by atoms with Crippen molar-refractivity contribution in [2.24, 2.45) is 0 Å². The zero-order chi connectivity index (χ0) is 21.8. The van der Waals surface area contributed by atoms with E-state index in [0.717, 1.165) is 54.6 Å². The second-order valence-electron chi connectivity index (χ2n) is 8.14. The fourth-order valence-corrected chi connectivity index (χ4v) is 4.21. The Hall–Kier alpha value is -3.77. The van der Waals surface area contributed by atoms with Crippen LogP contribution in [0, 0.1) is 0 Å². The number of hydrogen-bond acceptors (Lipinski definition) is 4. The van der Waals surface area contributed by atoms with Crippen molar-refractivity contribution in [3.05, 3.63) is 96.0 Å².